The Labute approximate surface area is 158 Å². The van der Waals surface area contributed by atoms with Gasteiger partial charge in [0.2, 0.25) is 5.88 Å². The molecule has 1 heterocycles. The van der Waals surface area contributed by atoms with Crippen LogP contribution in [0.1, 0.15) is 5.56 Å². The molecule has 28 heavy (non-hydrogen) atoms. The number of nitrogens with two attached hydrogens (primary N) is 2. The SMILES string of the molecule is COc1nc(N)c(C#N)c(N)c1N=Nc1cc(S(=O)(=O)O)ccc1S(=O)(=O)O. The maximum absolute atomic E-state index is 11.5. The quantitative estimate of drug-likeness (QED) is 0.388. The van der Waals surface area contributed by atoms with E-state index in [9.17, 15) is 21.4 Å². The third-order valence-corrected chi connectivity index (χ3v) is 5.02. The first-order chi connectivity index (χ1) is 12.9. The van der Waals surface area contributed by atoms with Gasteiger partial charge in [0, 0.05) is 0 Å². The van der Waals surface area contributed by atoms with E-state index in [1.165, 1.54) is 7.11 Å². The summed E-state index contributed by atoms with van der Waals surface area (Å²) in [5.74, 6) is -0.500. The fourth-order valence-electron chi connectivity index (χ4n) is 2.00. The van der Waals surface area contributed by atoms with Crippen LogP contribution in [0, 0.1) is 11.3 Å². The number of benzene rings is 1. The first-order valence-electron chi connectivity index (χ1n) is 6.94. The largest absolute Gasteiger partial charge is 0.479 e. The highest BCUT2D eigenvalue weighted by atomic mass is 32.2. The molecule has 0 aliphatic heterocycles. The molecule has 0 bridgehead atoms. The molecule has 0 atom stereocenters. The van der Waals surface area contributed by atoms with Crippen LogP contribution in [-0.2, 0) is 20.2 Å². The zero-order chi connectivity index (χ0) is 21.3. The molecule has 0 unspecified atom stereocenters. The number of hydrogen-bond acceptors (Lipinski definition) is 11. The number of hydrogen-bond donors (Lipinski definition) is 4. The van der Waals surface area contributed by atoms with E-state index < -0.39 is 35.7 Å². The van der Waals surface area contributed by atoms with Crippen LogP contribution in [0.5, 0.6) is 5.88 Å². The van der Waals surface area contributed by atoms with Gasteiger partial charge in [0.1, 0.15) is 28.0 Å². The van der Waals surface area contributed by atoms with Crippen molar-refractivity contribution in [3.05, 3.63) is 23.8 Å². The molecule has 0 saturated carbocycles. The Balaban J connectivity index is 2.75. The van der Waals surface area contributed by atoms with Gasteiger partial charge in [-0.05, 0) is 18.2 Å². The molecule has 0 aliphatic carbocycles. The monoisotopic (exact) mass is 428 g/mol. The molecule has 0 fully saturated rings. The molecule has 1 aromatic heterocycles. The molecule has 13 nitrogen and oxygen atoms in total. The summed E-state index contributed by atoms with van der Waals surface area (Å²) in [5.41, 5.74) is 9.87. The molecule has 0 aliphatic rings. The first kappa shape index (κ1) is 21.0. The van der Waals surface area contributed by atoms with E-state index >= 15 is 0 Å². The summed E-state index contributed by atoms with van der Waals surface area (Å²) in [6.07, 6.45) is 0. The predicted molar refractivity (Wildman–Crippen MR) is 94.6 cm³/mol. The predicted octanol–water partition coefficient (Wildman–Crippen LogP) is 1.04. The minimum atomic E-state index is -4.83. The van der Waals surface area contributed by atoms with Gasteiger partial charge in [0.25, 0.3) is 20.2 Å². The summed E-state index contributed by atoms with van der Waals surface area (Å²) in [6.45, 7) is 0. The van der Waals surface area contributed by atoms with E-state index in [0.29, 0.717) is 12.1 Å². The van der Waals surface area contributed by atoms with Crippen molar-refractivity contribution in [2.75, 3.05) is 18.6 Å². The lowest BCUT2D eigenvalue weighted by Gasteiger charge is -2.09. The van der Waals surface area contributed by atoms with Gasteiger partial charge in [-0.2, -0.15) is 27.1 Å². The number of nitrogens with zero attached hydrogens (tertiary/aromatic N) is 4. The van der Waals surface area contributed by atoms with E-state index in [1.54, 1.807) is 6.07 Å². The van der Waals surface area contributed by atoms with E-state index in [4.69, 9.17) is 26.0 Å². The Hall–Kier alpha value is -3.32. The Morgan fingerprint density at radius 2 is 1.79 bits per heavy atom. The van der Waals surface area contributed by atoms with Crippen LogP contribution in [-0.4, -0.2) is 38.0 Å². The number of ether oxygens (including phenoxy) is 1. The number of nitriles is 1. The molecule has 2 rings (SSSR count). The van der Waals surface area contributed by atoms with E-state index in [2.05, 4.69) is 15.2 Å². The molecule has 2 aromatic rings. The summed E-state index contributed by atoms with van der Waals surface area (Å²) < 4.78 is 68.8. The lowest BCUT2D eigenvalue weighted by Crippen LogP contribution is -2.03. The van der Waals surface area contributed by atoms with Crippen LogP contribution >= 0.6 is 0 Å². The average molecular weight is 428 g/mol. The summed E-state index contributed by atoms with van der Waals surface area (Å²) >= 11 is 0. The summed E-state index contributed by atoms with van der Waals surface area (Å²) in [7, 11) is -8.34. The standard InChI is InChI=1S/C13H12N6O7S2/c1-26-13-11(10(15)7(5-14)12(16)17-13)19-18-8-4-6(27(20,21)22)2-3-9(8)28(23,24)25/h2-4H,1H3,(H4,15,16,17)(H,20,21,22)(H,23,24,25). The van der Waals surface area contributed by atoms with Crippen molar-refractivity contribution in [1.29, 1.82) is 5.26 Å². The molecular formula is C13H12N6O7S2. The Morgan fingerprint density at radius 3 is 2.29 bits per heavy atom. The van der Waals surface area contributed by atoms with Crippen LogP contribution in [0.3, 0.4) is 0 Å². The van der Waals surface area contributed by atoms with Crippen molar-refractivity contribution in [2.24, 2.45) is 10.2 Å². The molecule has 0 amide bonds. The zero-order valence-corrected chi connectivity index (χ0v) is 15.6. The number of methoxy groups -OCH3 is 1. The zero-order valence-electron chi connectivity index (χ0n) is 13.9. The van der Waals surface area contributed by atoms with Gasteiger partial charge in [0.15, 0.2) is 5.69 Å². The van der Waals surface area contributed by atoms with Crippen LogP contribution in [0.2, 0.25) is 0 Å². The second-order valence-electron chi connectivity index (χ2n) is 5.04. The number of aromatic nitrogens is 1. The highest BCUT2D eigenvalue weighted by molar-refractivity contribution is 7.86. The van der Waals surface area contributed by atoms with Crippen molar-refractivity contribution in [3.8, 4) is 11.9 Å². The van der Waals surface area contributed by atoms with Gasteiger partial charge in [-0.1, -0.05) is 0 Å². The van der Waals surface area contributed by atoms with Gasteiger partial charge in [-0.15, -0.1) is 10.2 Å². The van der Waals surface area contributed by atoms with Crippen LogP contribution in [0.15, 0.2) is 38.2 Å². The second kappa shape index (κ2) is 7.36. The number of anilines is 2. The maximum atomic E-state index is 11.5. The van der Waals surface area contributed by atoms with E-state index in [1.807, 2.05) is 0 Å². The van der Waals surface area contributed by atoms with Gasteiger partial charge in [-0.3, -0.25) is 9.11 Å². The first-order valence-corrected chi connectivity index (χ1v) is 9.82. The van der Waals surface area contributed by atoms with Gasteiger partial charge >= 0.3 is 0 Å². The lowest BCUT2D eigenvalue weighted by atomic mass is 10.2. The van der Waals surface area contributed by atoms with E-state index in [0.717, 1.165) is 6.07 Å². The Kier molecular flexibility index (Phi) is 5.52. The van der Waals surface area contributed by atoms with Gasteiger partial charge in [0.05, 0.1) is 17.7 Å². The van der Waals surface area contributed by atoms with Crippen molar-refractivity contribution in [2.45, 2.75) is 9.79 Å². The fraction of sp³-hybridized carbons (Fsp3) is 0.0769. The highest BCUT2D eigenvalue weighted by Gasteiger charge is 2.21. The number of azo groups is 1. The van der Waals surface area contributed by atoms with Crippen LogP contribution in [0.4, 0.5) is 22.9 Å². The number of pyridine rings is 1. The smallest absolute Gasteiger partial charge is 0.296 e. The van der Waals surface area contributed by atoms with Gasteiger partial charge < -0.3 is 16.2 Å². The average Bonchev–Trinajstić information content (AvgIpc) is 2.59. The topological polar surface area (TPSA) is 231 Å². The van der Waals surface area contributed by atoms with Crippen molar-refractivity contribution in [1.82, 2.24) is 4.98 Å². The lowest BCUT2D eigenvalue weighted by molar-refractivity contribution is 0.400. The molecular weight excluding hydrogens is 416 g/mol. The van der Waals surface area contributed by atoms with Crippen LogP contribution < -0.4 is 16.2 Å². The normalized spacial score (nSPS) is 12.1. The minimum absolute atomic E-state index is 0.239. The highest BCUT2D eigenvalue weighted by Crippen LogP contribution is 2.38. The molecule has 0 spiro atoms. The molecule has 1 aromatic carbocycles. The van der Waals surface area contributed by atoms with Crippen molar-refractivity contribution >= 4 is 43.1 Å². The molecule has 148 valence electrons. The Bertz CT molecular complexity index is 1230. The number of rotatable bonds is 5. The Morgan fingerprint density at radius 1 is 1.14 bits per heavy atom. The summed E-state index contributed by atoms with van der Waals surface area (Å²) in [6, 6.07) is 3.80. The number of nitrogen functional groups attached to an aromatic ring is 2. The minimum Gasteiger partial charge on any atom is -0.479 e. The van der Waals surface area contributed by atoms with Crippen LogP contribution in [0.25, 0.3) is 0 Å². The second-order valence-corrected chi connectivity index (χ2v) is 7.85. The summed E-state index contributed by atoms with van der Waals surface area (Å²) in [4.78, 5) is 2.25. The van der Waals surface area contributed by atoms with E-state index in [-0.39, 0.29) is 28.6 Å². The maximum Gasteiger partial charge on any atom is 0.296 e. The molecule has 6 N–H and O–H groups in total. The molecule has 0 saturated heterocycles. The summed E-state index contributed by atoms with van der Waals surface area (Å²) in [5, 5.41) is 16.3. The molecule has 15 heteroatoms. The van der Waals surface area contributed by atoms with Gasteiger partial charge in [-0.25, -0.2) is 0 Å². The van der Waals surface area contributed by atoms with Crippen molar-refractivity contribution < 1.29 is 30.7 Å². The molecule has 0 radical (unpaired) electrons. The van der Waals surface area contributed by atoms with Crippen molar-refractivity contribution in [3.63, 3.8) is 0 Å². The fourth-order valence-corrected chi connectivity index (χ4v) is 3.11. The third kappa shape index (κ3) is 4.15. The third-order valence-electron chi connectivity index (χ3n) is 3.27.